The molecule has 0 fully saturated rings. The van der Waals surface area contributed by atoms with Gasteiger partial charge >= 0.3 is 0 Å². The minimum absolute atomic E-state index is 0.689. The van der Waals surface area contributed by atoms with Crippen LogP contribution in [0.4, 0.5) is 0 Å². The summed E-state index contributed by atoms with van der Waals surface area (Å²) in [6.07, 6.45) is 31.7. The first-order chi connectivity index (χ1) is 19.2. The summed E-state index contributed by atoms with van der Waals surface area (Å²) in [5, 5.41) is 0. The van der Waals surface area contributed by atoms with Gasteiger partial charge in [0.05, 0.1) is 6.61 Å². The molecule has 1 aromatic rings. The summed E-state index contributed by atoms with van der Waals surface area (Å²) in [4.78, 5) is 0. The molecule has 0 spiro atoms. The highest BCUT2D eigenvalue weighted by molar-refractivity contribution is 5.13. The summed E-state index contributed by atoms with van der Waals surface area (Å²) in [6, 6.07) is 10.5. The number of benzene rings is 1. The third kappa shape index (κ3) is 25.2. The molecule has 0 N–H and O–H groups in total. The number of allylic oxidation sites excluding steroid dienone is 1. The lowest BCUT2D eigenvalue weighted by molar-refractivity contribution is 0.116. The second kappa shape index (κ2) is 28.0. The van der Waals surface area contributed by atoms with Gasteiger partial charge in [-0.15, -0.1) is 18.4 Å². The molecular weight excluding hydrogens is 472 g/mol. The first-order valence-corrected chi connectivity index (χ1v) is 16.9. The van der Waals surface area contributed by atoms with Gasteiger partial charge in [-0.25, -0.2) is 0 Å². The molecule has 0 saturated carbocycles. The molecule has 1 heteroatoms. The Morgan fingerprint density at radius 2 is 1.13 bits per heavy atom. The summed E-state index contributed by atoms with van der Waals surface area (Å²) in [5.74, 6) is 8.40. The Kier molecular flexibility index (Phi) is 25.5. The molecule has 0 heterocycles. The highest BCUT2D eigenvalue weighted by Crippen LogP contribution is 2.17. The minimum atomic E-state index is 0.689. The minimum Gasteiger partial charge on any atom is -0.377 e. The Bertz CT molecular complexity index is 696. The Morgan fingerprint density at radius 1 is 0.615 bits per heavy atom. The van der Waals surface area contributed by atoms with E-state index in [1.807, 2.05) is 0 Å². The van der Waals surface area contributed by atoms with Gasteiger partial charge in [0.1, 0.15) is 0 Å². The number of unbranched alkanes of at least 4 members (excludes halogenated alkanes) is 16. The van der Waals surface area contributed by atoms with E-state index in [1.54, 1.807) is 0 Å². The fourth-order valence-corrected chi connectivity index (χ4v) is 5.20. The molecular formula is C38H64O. The Labute approximate surface area is 245 Å². The van der Waals surface area contributed by atoms with Gasteiger partial charge in [-0.2, -0.15) is 0 Å². The van der Waals surface area contributed by atoms with Gasteiger partial charge in [0.15, 0.2) is 0 Å². The quantitative estimate of drug-likeness (QED) is 0.0617. The molecule has 1 rings (SSSR count). The lowest BCUT2D eigenvalue weighted by Crippen LogP contribution is -1.95. The van der Waals surface area contributed by atoms with Crippen molar-refractivity contribution in [3.8, 4) is 11.8 Å². The molecule has 0 aliphatic heterocycles. The molecule has 0 amide bonds. The lowest BCUT2D eigenvalue weighted by atomic mass is 9.97. The van der Waals surface area contributed by atoms with Crippen molar-refractivity contribution in [2.45, 2.75) is 162 Å². The van der Waals surface area contributed by atoms with Crippen LogP contribution in [0.15, 0.2) is 43.0 Å². The molecule has 2 atom stereocenters. The van der Waals surface area contributed by atoms with Crippen molar-refractivity contribution in [3.05, 3.63) is 48.6 Å². The van der Waals surface area contributed by atoms with Crippen LogP contribution < -0.4 is 0 Å². The fraction of sp³-hybridized carbons (Fsp3) is 0.737. The summed E-state index contributed by atoms with van der Waals surface area (Å²) in [5.41, 5.74) is 1.28. The number of hydrogen-bond acceptors (Lipinski definition) is 1. The summed E-state index contributed by atoms with van der Waals surface area (Å²) < 4.78 is 5.77. The van der Waals surface area contributed by atoms with E-state index in [0.29, 0.717) is 5.92 Å². The van der Waals surface area contributed by atoms with Crippen molar-refractivity contribution in [2.75, 3.05) is 6.61 Å². The fourth-order valence-electron chi connectivity index (χ4n) is 5.20. The van der Waals surface area contributed by atoms with Crippen molar-refractivity contribution < 1.29 is 4.74 Å². The maximum absolute atomic E-state index is 5.77. The third-order valence-corrected chi connectivity index (χ3v) is 8.10. The van der Waals surface area contributed by atoms with Gasteiger partial charge in [0, 0.05) is 19.4 Å². The molecule has 222 valence electrons. The van der Waals surface area contributed by atoms with Gasteiger partial charge in [-0.05, 0) is 43.1 Å². The van der Waals surface area contributed by atoms with Gasteiger partial charge in [0.25, 0.3) is 0 Å². The zero-order valence-corrected chi connectivity index (χ0v) is 26.2. The molecule has 0 aliphatic rings. The second-order valence-corrected chi connectivity index (χ2v) is 12.1. The second-order valence-electron chi connectivity index (χ2n) is 12.1. The predicted molar refractivity (Wildman–Crippen MR) is 174 cm³/mol. The molecule has 0 aliphatic carbocycles. The standard InChI is InChI=1S/C38H64O/c1-4-36(2)29-23-19-17-20-25-31-37(3)30-24-18-15-13-11-9-7-5-6-8-10-12-14-16-21-28-34-39-35-38-32-26-22-27-33-38/h4,22,26-27,32-33,36-37H,1,5-14,16-17,19-21,23-25,28-31,34-35H2,2-3H3/t36-,37-/m0/s1. The van der Waals surface area contributed by atoms with Crippen LogP contribution in [-0.2, 0) is 11.3 Å². The molecule has 1 aromatic carbocycles. The molecule has 0 radical (unpaired) electrons. The highest BCUT2D eigenvalue weighted by atomic mass is 16.5. The topological polar surface area (TPSA) is 9.23 Å². The van der Waals surface area contributed by atoms with E-state index < -0.39 is 0 Å². The molecule has 39 heavy (non-hydrogen) atoms. The maximum atomic E-state index is 5.77. The van der Waals surface area contributed by atoms with Crippen molar-refractivity contribution in [1.29, 1.82) is 0 Å². The Morgan fingerprint density at radius 3 is 1.74 bits per heavy atom. The number of rotatable bonds is 27. The summed E-state index contributed by atoms with van der Waals surface area (Å²) in [6.45, 7) is 10.2. The SMILES string of the molecule is C=C[C@H](C)CCCCCCC[C@@H](C)CCC#CCCCCCCCCCCCCCCOCc1ccccc1. The van der Waals surface area contributed by atoms with Gasteiger partial charge < -0.3 is 4.74 Å². The van der Waals surface area contributed by atoms with Gasteiger partial charge in [0.2, 0.25) is 0 Å². The summed E-state index contributed by atoms with van der Waals surface area (Å²) in [7, 11) is 0. The van der Waals surface area contributed by atoms with Crippen LogP contribution in [0.2, 0.25) is 0 Å². The third-order valence-electron chi connectivity index (χ3n) is 8.10. The number of hydrogen-bond donors (Lipinski definition) is 0. The van der Waals surface area contributed by atoms with Crippen LogP contribution in [0.25, 0.3) is 0 Å². The monoisotopic (exact) mass is 536 g/mol. The number of ether oxygens (including phenoxy) is 1. The maximum Gasteiger partial charge on any atom is 0.0716 e. The van der Waals surface area contributed by atoms with Crippen molar-refractivity contribution in [1.82, 2.24) is 0 Å². The highest BCUT2D eigenvalue weighted by Gasteiger charge is 2.01. The Balaban J connectivity index is 1.73. The lowest BCUT2D eigenvalue weighted by Gasteiger charge is -2.09. The zero-order valence-electron chi connectivity index (χ0n) is 26.2. The average molecular weight is 537 g/mol. The normalized spacial score (nSPS) is 12.6. The predicted octanol–water partition coefficient (Wildman–Crippen LogP) is 12.2. The Hall–Kier alpha value is -1.52. The van der Waals surface area contributed by atoms with Crippen LogP contribution in [0.3, 0.4) is 0 Å². The van der Waals surface area contributed by atoms with Gasteiger partial charge in [-0.1, -0.05) is 153 Å². The van der Waals surface area contributed by atoms with E-state index in [9.17, 15) is 0 Å². The van der Waals surface area contributed by atoms with E-state index in [-0.39, 0.29) is 0 Å². The average Bonchev–Trinajstić information content (AvgIpc) is 2.96. The first-order valence-electron chi connectivity index (χ1n) is 16.9. The molecule has 0 aromatic heterocycles. The molecule has 1 nitrogen and oxygen atoms in total. The van der Waals surface area contributed by atoms with Gasteiger partial charge in [-0.3, -0.25) is 0 Å². The smallest absolute Gasteiger partial charge is 0.0716 e. The van der Waals surface area contributed by atoms with Crippen LogP contribution in [-0.4, -0.2) is 6.61 Å². The molecule has 0 unspecified atom stereocenters. The van der Waals surface area contributed by atoms with E-state index in [0.717, 1.165) is 32.0 Å². The van der Waals surface area contributed by atoms with E-state index in [2.05, 4.69) is 68.7 Å². The van der Waals surface area contributed by atoms with E-state index >= 15 is 0 Å². The van der Waals surface area contributed by atoms with Crippen molar-refractivity contribution in [3.63, 3.8) is 0 Å². The van der Waals surface area contributed by atoms with Crippen LogP contribution in [0.1, 0.15) is 161 Å². The largest absolute Gasteiger partial charge is 0.377 e. The van der Waals surface area contributed by atoms with Crippen LogP contribution >= 0.6 is 0 Å². The van der Waals surface area contributed by atoms with E-state index in [1.165, 1.54) is 134 Å². The van der Waals surface area contributed by atoms with Crippen molar-refractivity contribution >= 4 is 0 Å². The zero-order chi connectivity index (χ0) is 28.1. The van der Waals surface area contributed by atoms with E-state index in [4.69, 9.17) is 4.74 Å². The van der Waals surface area contributed by atoms with Crippen LogP contribution in [0, 0.1) is 23.7 Å². The summed E-state index contributed by atoms with van der Waals surface area (Å²) >= 11 is 0. The molecule has 0 saturated heterocycles. The van der Waals surface area contributed by atoms with Crippen molar-refractivity contribution in [2.24, 2.45) is 11.8 Å². The van der Waals surface area contributed by atoms with Crippen LogP contribution in [0.5, 0.6) is 0 Å². The first kappa shape index (κ1) is 35.5. The molecule has 0 bridgehead atoms.